The molecule has 1 amide bonds. The van der Waals surface area contributed by atoms with E-state index < -0.39 is 0 Å². The Morgan fingerprint density at radius 3 is 2.65 bits per heavy atom. The van der Waals surface area contributed by atoms with Crippen LogP contribution in [0.4, 0.5) is 5.69 Å². The molecule has 1 aromatic rings. The third-order valence-electron chi connectivity index (χ3n) is 2.38. The van der Waals surface area contributed by atoms with Crippen molar-refractivity contribution in [1.29, 1.82) is 0 Å². The lowest BCUT2D eigenvalue weighted by molar-refractivity contribution is 0.0229. The predicted octanol–water partition coefficient (Wildman–Crippen LogP) is 1.85. The number of benzene rings is 1. The average Bonchev–Trinajstić information content (AvgIpc) is 2.26. The zero-order chi connectivity index (χ0) is 12.2. The second-order valence-corrected chi connectivity index (χ2v) is 4.27. The Kier molecular flexibility index (Phi) is 5.99. The largest absolute Gasteiger partial charge is 0.399 e. The van der Waals surface area contributed by atoms with Crippen LogP contribution in [0, 0.1) is 0 Å². The summed E-state index contributed by atoms with van der Waals surface area (Å²) in [5.41, 5.74) is 6.38. The Hall–Kier alpha value is -1.26. The van der Waals surface area contributed by atoms with E-state index in [0.717, 1.165) is 0 Å². The highest BCUT2D eigenvalue weighted by molar-refractivity contribution is 5.95. The number of halogens is 1. The van der Waals surface area contributed by atoms with Gasteiger partial charge in [0.25, 0.3) is 5.91 Å². The molecule has 0 aliphatic carbocycles. The van der Waals surface area contributed by atoms with Gasteiger partial charge in [-0.3, -0.25) is 4.79 Å². The molecule has 96 valence electrons. The molecule has 0 spiro atoms. The molecule has 4 nitrogen and oxygen atoms in total. The van der Waals surface area contributed by atoms with E-state index in [1.54, 1.807) is 31.4 Å². The van der Waals surface area contributed by atoms with Crippen LogP contribution in [0.2, 0.25) is 0 Å². The van der Waals surface area contributed by atoms with Crippen molar-refractivity contribution in [3.63, 3.8) is 0 Å². The van der Waals surface area contributed by atoms with Gasteiger partial charge in [-0.1, -0.05) is 6.07 Å². The molecule has 0 radical (unpaired) electrons. The first-order chi connectivity index (χ1) is 7.44. The minimum absolute atomic E-state index is 0. The predicted molar refractivity (Wildman–Crippen MR) is 71.5 cm³/mol. The second-order valence-electron chi connectivity index (χ2n) is 4.27. The number of anilines is 1. The van der Waals surface area contributed by atoms with Crippen molar-refractivity contribution in [2.24, 2.45) is 0 Å². The van der Waals surface area contributed by atoms with Crippen molar-refractivity contribution in [1.82, 2.24) is 5.32 Å². The molecule has 0 atom stereocenters. The summed E-state index contributed by atoms with van der Waals surface area (Å²) in [7, 11) is 1.62. The Balaban J connectivity index is 0.00000256. The molecule has 0 unspecified atom stereocenters. The smallest absolute Gasteiger partial charge is 0.251 e. The molecule has 1 aromatic carbocycles. The topological polar surface area (TPSA) is 64.3 Å². The quantitative estimate of drug-likeness (QED) is 0.810. The van der Waals surface area contributed by atoms with Gasteiger partial charge < -0.3 is 15.8 Å². The number of amides is 1. The summed E-state index contributed by atoms with van der Waals surface area (Å²) in [6, 6.07) is 6.88. The van der Waals surface area contributed by atoms with Crippen LogP contribution in [0.3, 0.4) is 0 Å². The summed E-state index contributed by atoms with van der Waals surface area (Å²) >= 11 is 0. The van der Waals surface area contributed by atoms with E-state index in [1.807, 2.05) is 13.8 Å². The highest BCUT2D eigenvalue weighted by Gasteiger charge is 2.17. The number of nitrogens with two attached hydrogens (primary N) is 1. The summed E-state index contributed by atoms with van der Waals surface area (Å²) in [5, 5.41) is 2.80. The van der Waals surface area contributed by atoms with Crippen LogP contribution in [0.15, 0.2) is 24.3 Å². The van der Waals surface area contributed by atoms with Crippen LogP contribution in [-0.4, -0.2) is 25.2 Å². The third-order valence-corrected chi connectivity index (χ3v) is 2.38. The van der Waals surface area contributed by atoms with E-state index in [4.69, 9.17) is 10.5 Å². The van der Waals surface area contributed by atoms with Crippen LogP contribution in [-0.2, 0) is 4.74 Å². The molecular weight excluding hydrogens is 240 g/mol. The Morgan fingerprint density at radius 1 is 1.47 bits per heavy atom. The van der Waals surface area contributed by atoms with Crippen LogP contribution in [0.1, 0.15) is 24.2 Å². The number of carbonyl (C=O) groups excluding carboxylic acids is 1. The number of nitrogen functional groups attached to an aromatic ring is 1. The van der Waals surface area contributed by atoms with Crippen molar-refractivity contribution in [2.75, 3.05) is 19.4 Å². The number of carbonyl (C=O) groups is 1. The fourth-order valence-electron chi connectivity index (χ4n) is 1.15. The minimum atomic E-state index is -0.365. The number of nitrogens with one attached hydrogen (secondary N) is 1. The SMILES string of the molecule is COC(C)(C)CNC(=O)c1cccc(N)c1.Cl. The summed E-state index contributed by atoms with van der Waals surface area (Å²) in [4.78, 5) is 11.7. The van der Waals surface area contributed by atoms with Gasteiger partial charge in [0.1, 0.15) is 0 Å². The van der Waals surface area contributed by atoms with E-state index in [1.165, 1.54) is 0 Å². The molecule has 5 heteroatoms. The monoisotopic (exact) mass is 258 g/mol. The van der Waals surface area contributed by atoms with Crippen molar-refractivity contribution in [2.45, 2.75) is 19.4 Å². The summed E-state index contributed by atoms with van der Waals surface area (Å²) in [5.74, 6) is -0.141. The lowest BCUT2D eigenvalue weighted by Crippen LogP contribution is -2.39. The standard InChI is InChI=1S/C12H18N2O2.ClH/c1-12(2,16-3)8-14-11(15)9-5-4-6-10(13)7-9;/h4-7H,8,13H2,1-3H3,(H,14,15);1H. The van der Waals surface area contributed by atoms with Gasteiger partial charge in [0, 0.05) is 24.9 Å². The lowest BCUT2D eigenvalue weighted by Gasteiger charge is -2.23. The average molecular weight is 259 g/mol. The maximum Gasteiger partial charge on any atom is 0.251 e. The van der Waals surface area contributed by atoms with Crippen LogP contribution in [0.25, 0.3) is 0 Å². The number of hydrogen-bond donors (Lipinski definition) is 2. The number of ether oxygens (including phenoxy) is 1. The van der Waals surface area contributed by atoms with E-state index in [0.29, 0.717) is 17.8 Å². The number of hydrogen-bond acceptors (Lipinski definition) is 3. The molecule has 0 aliphatic heterocycles. The zero-order valence-electron chi connectivity index (χ0n) is 10.3. The van der Waals surface area contributed by atoms with E-state index >= 15 is 0 Å². The summed E-state index contributed by atoms with van der Waals surface area (Å²) in [6.07, 6.45) is 0. The third kappa shape index (κ3) is 5.06. The molecule has 0 heterocycles. The van der Waals surface area contributed by atoms with Crippen LogP contribution < -0.4 is 11.1 Å². The van der Waals surface area contributed by atoms with Gasteiger partial charge in [0.15, 0.2) is 0 Å². The molecule has 0 saturated heterocycles. The first-order valence-corrected chi connectivity index (χ1v) is 5.13. The second kappa shape index (κ2) is 6.47. The Morgan fingerprint density at radius 2 is 2.12 bits per heavy atom. The van der Waals surface area contributed by atoms with Gasteiger partial charge in [0.2, 0.25) is 0 Å². The molecule has 0 fully saturated rings. The van der Waals surface area contributed by atoms with E-state index in [2.05, 4.69) is 5.32 Å². The molecule has 0 aliphatic rings. The lowest BCUT2D eigenvalue weighted by atomic mass is 10.1. The van der Waals surface area contributed by atoms with Crippen molar-refractivity contribution < 1.29 is 9.53 Å². The zero-order valence-corrected chi connectivity index (χ0v) is 11.1. The first-order valence-electron chi connectivity index (χ1n) is 5.13. The summed E-state index contributed by atoms with van der Waals surface area (Å²) in [6.45, 7) is 4.27. The Bertz CT molecular complexity index is 381. The molecule has 0 saturated carbocycles. The van der Waals surface area contributed by atoms with Gasteiger partial charge in [-0.25, -0.2) is 0 Å². The molecule has 0 aromatic heterocycles. The highest BCUT2D eigenvalue weighted by atomic mass is 35.5. The van der Waals surface area contributed by atoms with Gasteiger partial charge >= 0.3 is 0 Å². The van der Waals surface area contributed by atoms with Gasteiger partial charge in [-0.05, 0) is 32.0 Å². The normalized spacial score (nSPS) is 10.5. The maximum atomic E-state index is 11.7. The fourth-order valence-corrected chi connectivity index (χ4v) is 1.15. The van der Waals surface area contributed by atoms with Crippen molar-refractivity contribution in [3.8, 4) is 0 Å². The minimum Gasteiger partial charge on any atom is -0.399 e. The van der Waals surface area contributed by atoms with Gasteiger partial charge in [-0.2, -0.15) is 0 Å². The summed E-state index contributed by atoms with van der Waals surface area (Å²) < 4.78 is 5.21. The first kappa shape index (κ1) is 15.7. The molecule has 1 rings (SSSR count). The number of rotatable bonds is 4. The fraction of sp³-hybridized carbons (Fsp3) is 0.417. The van der Waals surface area contributed by atoms with Gasteiger partial charge in [0.05, 0.1) is 5.60 Å². The molecule has 3 N–H and O–H groups in total. The molecule has 0 bridgehead atoms. The maximum absolute atomic E-state index is 11.7. The van der Waals surface area contributed by atoms with Crippen molar-refractivity contribution in [3.05, 3.63) is 29.8 Å². The highest BCUT2D eigenvalue weighted by Crippen LogP contribution is 2.08. The number of methoxy groups -OCH3 is 1. The molecule has 17 heavy (non-hydrogen) atoms. The van der Waals surface area contributed by atoms with Crippen LogP contribution in [0.5, 0.6) is 0 Å². The van der Waals surface area contributed by atoms with Crippen LogP contribution >= 0.6 is 12.4 Å². The van der Waals surface area contributed by atoms with E-state index in [9.17, 15) is 4.79 Å². The van der Waals surface area contributed by atoms with E-state index in [-0.39, 0.29) is 23.9 Å². The Labute approximate surface area is 108 Å². The van der Waals surface area contributed by atoms with Crippen molar-refractivity contribution >= 4 is 24.0 Å². The van der Waals surface area contributed by atoms with Gasteiger partial charge in [-0.15, -0.1) is 12.4 Å². The molecular formula is C12H19ClN2O2.